The highest BCUT2D eigenvalue weighted by molar-refractivity contribution is 6.36. The number of aromatic nitrogens is 4. The van der Waals surface area contributed by atoms with Gasteiger partial charge in [0.15, 0.2) is 17.2 Å². The first-order chi connectivity index (χ1) is 19.0. The Bertz CT molecular complexity index is 1480. The van der Waals surface area contributed by atoms with Gasteiger partial charge in [-0.1, -0.05) is 11.6 Å². The number of benzene rings is 1. The number of fused-ring (bicyclic) bond motifs is 2. The summed E-state index contributed by atoms with van der Waals surface area (Å²) in [6.45, 7) is 1.91. The van der Waals surface area contributed by atoms with Crippen LogP contribution in [0.25, 0.3) is 5.65 Å². The molecule has 0 bridgehead atoms. The second-order valence-electron chi connectivity index (χ2n) is 10.4. The van der Waals surface area contributed by atoms with Crippen LogP contribution in [0.2, 0.25) is 5.02 Å². The van der Waals surface area contributed by atoms with E-state index in [1.54, 1.807) is 12.1 Å². The monoisotopic (exact) mass is 550 g/mol. The van der Waals surface area contributed by atoms with E-state index in [0.29, 0.717) is 52.3 Å². The van der Waals surface area contributed by atoms with Gasteiger partial charge in [0.2, 0.25) is 5.95 Å². The van der Waals surface area contributed by atoms with Crippen molar-refractivity contribution in [2.45, 2.75) is 43.9 Å². The number of halogens is 2. The number of hydrogen-bond acceptors (Lipinski definition) is 10. The molecule has 13 heteroatoms. The van der Waals surface area contributed by atoms with Crippen LogP contribution < -0.4 is 15.5 Å². The van der Waals surface area contributed by atoms with Crippen LogP contribution in [0.15, 0.2) is 18.3 Å². The zero-order chi connectivity index (χ0) is 27.1. The van der Waals surface area contributed by atoms with Crippen molar-refractivity contribution < 1.29 is 9.50 Å². The molecule has 0 radical (unpaired) electrons. The summed E-state index contributed by atoms with van der Waals surface area (Å²) in [5.41, 5.74) is 2.42. The van der Waals surface area contributed by atoms with Gasteiger partial charge < -0.3 is 20.6 Å². The van der Waals surface area contributed by atoms with Crippen LogP contribution in [-0.4, -0.2) is 80.6 Å². The molecule has 0 amide bonds. The number of rotatable bonds is 8. The number of likely N-dealkylation sites (tertiary alicyclic amines) is 1. The van der Waals surface area contributed by atoms with Crippen LogP contribution in [0.1, 0.15) is 36.9 Å². The molecule has 39 heavy (non-hydrogen) atoms. The van der Waals surface area contributed by atoms with E-state index in [1.165, 1.54) is 10.7 Å². The molecule has 2 aromatic heterocycles. The van der Waals surface area contributed by atoms with Crippen molar-refractivity contribution in [3.8, 4) is 12.1 Å². The third-order valence-electron chi connectivity index (χ3n) is 7.74. The van der Waals surface area contributed by atoms with E-state index in [4.69, 9.17) is 11.6 Å². The van der Waals surface area contributed by atoms with E-state index in [2.05, 4.69) is 47.6 Å². The van der Waals surface area contributed by atoms with Crippen molar-refractivity contribution in [2.75, 3.05) is 48.4 Å². The number of aliphatic hydroxyl groups excluding tert-OH is 1. The summed E-state index contributed by atoms with van der Waals surface area (Å²) in [4.78, 5) is 13.3. The van der Waals surface area contributed by atoms with Crippen LogP contribution in [-0.2, 0) is 0 Å². The van der Waals surface area contributed by atoms with Gasteiger partial charge in [0.05, 0.1) is 40.3 Å². The molecule has 3 aromatic rings. The van der Waals surface area contributed by atoms with Crippen LogP contribution in [0.5, 0.6) is 0 Å². The van der Waals surface area contributed by atoms with E-state index in [-0.39, 0.29) is 11.6 Å². The molecule has 11 nitrogen and oxygen atoms in total. The van der Waals surface area contributed by atoms with Crippen molar-refractivity contribution in [3.63, 3.8) is 0 Å². The molecule has 202 valence electrons. The average molecular weight is 551 g/mol. The van der Waals surface area contributed by atoms with Gasteiger partial charge in [0.1, 0.15) is 12.7 Å². The largest absolute Gasteiger partial charge is 0.389 e. The molecule has 3 atom stereocenters. The number of anilines is 4. The Labute approximate surface area is 229 Å². The zero-order valence-electron chi connectivity index (χ0n) is 21.2. The van der Waals surface area contributed by atoms with Crippen molar-refractivity contribution in [3.05, 3.63) is 34.6 Å². The maximum Gasteiger partial charge on any atom is 0.247 e. The maximum atomic E-state index is 12.9. The molecule has 3 unspecified atom stereocenters. The fraction of sp³-hybridized carbons (Fsp3) is 0.500. The summed E-state index contributed by atoms with van der Waals surface area (Å²) in [6, 6.07) is 8.38. The predicted octanol–water partition coefficient (Wildman–Crippen LogP) is 3.07. The molecule has 1 aromatic carbocycles. The highest BCUT2D eigenvalue weighted by atomic mass is 35.5. The molecular formula is C26H28ClFN10O. The van der Waals surface area contributed by atoms with Crippen molar-refractivity contribution in [1.82, 2.24) is 24.5 Å². The molecule has 0 spiro atoms. The molecule has 2 aliphatic heterocycles. The minimum Gasteiger partial charge on any atom is -0.389 e. The molecular weight excluding hydrogens is 523 g/mol. The van der Waals surface area contributed by atoms with E-state index in [1.807, 2.05) is 0 Å². The van der Waals surface area contributed by atoms with Gasteiger partial charge in [-0.2, -0.15) is 20.0 Å². The summed E-state index contributed by atoms with van der Waals surface area (Å²) in [5.74, 6) is 1.10. The maximum absolute atomic E-state index is 12.9. The van der Waals surface area contributed by atoms with Gasteiger partial charge in [-0.25, -0.2) is 9.37 Å². The van der Waals surface area contributed by atoms with E-state index in [9.17, 15) is 20.0 Å². The van der Waals surface area contributed by atoms with Gasteiger partial charge in [-0.15, -0.1) is 5.10 Å². The fourth-order valence-electron chi connectivity index (χ4n) is 5.69. The van der Waals surface area contributed by atoms with Crippen LogP contribution in [0.3, 0.4) is 0 Å². The van der Waals surface area contributed by atoms with Crippen molar-refractivity contribution >= 4 is 40.4 Å². The molecule has 3 aliphatic rings. The first-order valence-corrected chi connectivity index (χ1v) is 13.5. The third kappa shape index (κ3) is 5.03. The van der Waals surface area contributed by atoms with E-state index < -0.39 is 12.8 Å². The summed E-state index contributed by atoms with van der Waals surface area (Å²) in [5, 5.41) is 40.5. The minimum atomic E-state index is -0.954. The smallest absolute Gasteiger partial charge is 0.247 e. The number of imidazole rings is 1. The lowest BCUT2D eigenvalue weighted by molar-refractivity contribution is 0.0756. The summed E-state index contributed by atoms with van der Waals surface area (Å²) >= 11 is 6.93. The Hall–Kier alpha value is -3.71. The van der Waals surface area contributed by atoms with Crippen LogP contribution in [0, 0.1) is 28.6 Å². The Morgan fingerprint density at radius 2 is 2.03 bits per heavy atom. The van der Waals surface area contributed by atoms with Gasteiger partial charge in [0.25, 0.3) is 0 Å². The third-order valence-corrected chi connectivity index (χ3v) is 8.14. The average Bonchev–Trinajstić information content (AvgIpc) is 3.53. The molecule has 1 aliphatic carbocycles. The number of β-amino-alcohol motifs (C(OH)–C–C–N with tert-alkyl or cyclic N) is 1. The van der Waals surface area contributed by atoms with Gasteiger partial charge in [-0.05, 0) is 50.3 Å². The molecule has 2 saturated heterocycles. The quantitative estimate of drug-likeness (QED) is 0.383. The number of alkyl halides is 1. The highest BCUT2D eigenvalue weighted by Gasteiger charge is 2.39. The number of nitriles is 2. The summed E-state index contributed by atoms with van der Waals surface area (Å²) in [7, 11) is 0. The first-order valence-electron chi connectivity index (χ1n) is 13.1. The van der Waals surface area contributed by atoms with Gasteiger partial charge in [0, 0.05) is 31.7 Å². The fourth-order valence-corrected chi connectivity index (χ4v) is 5.97. The second kappa shape index (κ2) is 10.5. The Morgan fingerprint density at radius 1 is 1.18 bits per heavy atom. The van der Waals surface area contributed by atoms with E-state index >= 15 is 0 Å². The SMILES string of the molecule is N#Cc1cc(Nc2nc(NC3CC3)c3ncc(C#N)n3n2)c(Cl)c(N2CCC3C(CCN3CC(O)CF)C2)c1. The topological polar surface area (TPSA) is 141 Å². The molecule has 3 N–H and O–H groups in total. The number of aliphatic hydroxyl groups is 1. The van der Waals surface area contributed by atoms with Gasteiger partial charge in [-0.3, -0.25) is 4.90 Å². The molecule has 6 rings (SSSR count). The zero-order valence-corrected chi connectivity index (χ0v) is 21.9. The molecule has 4 heterocycles. The summed E-state index contributed by atoms with van der Waals surface area (Å²) < 4.78 is 14.3. The highest BCUT2D eigenvalue weighted by Crippen LogP contribution is 2.40. The normalized spacial score (nSPS) is 21.8. The van der Waals surface area contributed by atoms with Crippen molar-refractivity contribution in [1.29, 1.82) is 10.5 Å². The number of nitrogens with zero attached hydrogens (tertiary/aromatic N) is 8. The van der Waals surface area contributed by atoms with Crippen LogP contribution in [0.4, 0.5) is 27.5 Å². The first kappa shape index (κ1) is 25.6. The lowest BCUT2D eigenvalue weighted by atomic mass is 9.92. The Morgan fingerprint density at radius 3 is 2.77 bits per heavy atom. The minimum absolute atomic E-state index is 0.222. The standard InChI is InChI=1S/C26H28ClFN10O/c27-23-20(33-26-34-24(32-17-1-2-17)25-31-12-18(11-30)38(25)35-26)7-15(10-29)8-22(23)36-6-4-21-16(13-36)3-5-37(21)14-19(39)9-28/h7-8,12,16-17,19,21,39H,1-6,9,13-14H2,(H2,32,33,34,35). The molecule has 1 saturated carbocycles. The van der Waals surface area contributed by atoms with Gasteiger partial charge >= 0.3 is 0 Å². The Balaban J connectivity index is 1.28. The lowest BCUT2D eigenvalue weighted by Crippen LogP contribution is -2.47. The van der Waals surface area contributed by atoms with E-state index in [0.717, 1.165) is 51.0 Å². The molecule has 3 fully saturated rings. The number of piperidine rings is 1. The second-order valence-corrected chi connectivity index (χ2v) is 10.8. The lowest BCUT2D eigenvalue weighted by Gasteiger charge is -2.40. The Kier molecular flexibility index (Phi) is 6.85. The number of hydrogen-bond donors (Lipinski definition) is 3. The predicted molar refractivity (Wildman–Crippen MR) is 144 cm³/mol. The number of nitrogens with one attached hydrogen (secondary N) is 2. The van der Waals surface area contributed by atoms with Crippen LogP contribution >= 0.6 is 11.6 Å². The van der Waals surface area contributed by atoms with Crippen molar-refractivity contribution in [2.24, 2.45) is 5.92 Å². The summed E-state index contributed by atoms with van der Waals surface area (Å²) in [6.07, 6.45) is 4.39.